The van der Waals surface area contributed by atoms with Gasteiger partial charge in [0.1, 0.15) is 15.9 Å². The van der Waals surface area contributed by atoms with Crippen LogP contribution >= 0.6 is 7.26 Å². The summed E-state index contributed by atoms with van der Waals surface area (Å²) in [6.45, 7) is 7.91. The number of nitrogens with one attached hydrogen (secondary N) is 2. The van der Waals surface area contributed by atoms with Crippen molar-refractivity contribution in [1.82, 2.24) is 5.32 Å². The van der Waals surface area contributed by atoms with Crippen LogP contribution in [0.4, 0.5) is 5.69 Å². The summed E-state index contributed by atoms with van der Waals surface area (Å²) >= 11 is 0. The zero-order chi connectivity index (χ0) is 25.6. The Morgan fingerprint density at radius 2 is 1.08 bits per heavy atom. The second-order valence-electron chi connectivity index (χ2n) is 9.92. The van der Waals surface area contributed by atoms with Gasteiger partial charge >= 0.3 is 0 Å². The number of halogens is 1. The number of benzene rings is 4. The van der Waals surface area contributed by atoms with Gasteiger partial charge in [0, 0.05) is 11.1 Å². The second-order valence-corrected chi connectivity index (χ2v) is 13.3. The van der Waals surface area contributed by atoms with Crippen LogP contribution in [0.5, 0.6) is 0 Å². The van der Waals surface area contributed by atoms with E-state index in [0.29, 0.717) is 0 Å². The van der Waals surface area contributed by atoms with Gasteiger partial charge in [0.2, 0.25) is 5.91 Å². The first kappa shape index (κ1) is 28.2. The van der Waals surface area contributed by atoms with Gasteiger partial charge in [-0.05, 0) is 55.5 Å². The molecule has 0 radical (unpaired) electrons. The van der Waals surface area contributed by atoms with Crippen molar-refractivity contribution in [1.29, 1.82) is 0 Å². The normalized spacial score (nSPS) is 11.8. The van der Waals surface area contributed by atoms with E-state index in [1.54, 1.807) is 0 Å². The Morgan fingerprint density at radius 1 is 0.676 bits per heavy atom. The number of anilines is 1. The third kappa shape index (κ3) is 6.31. The zero-order valence-corrected chi connectivity index (χ0v) is 23.4. The van der Waals surface area contributed by atoms with E-state index in [-0.39, 0.29) is 18.3 Å². The minimum Gasteiger partial charge on any atom is -1.00 e. The number of hydrogen-bond donors (Lipinski definition) is 2. The largest absolute Gasteiger partial charge is 1.00 e. The molecule has 0 fully saturated rings. The van der Waals surface area contributed by atoms with Crippen LogP contribution in [0.25, 0.3) is 0 Å². The summed E-state index contributed by atoms with van der Waals surface area (Å²) in [5.74, 6) is -0.0216. The second kappa shape index (κ2) is 12.2. The Labute approximate surface area is 227 Å². The molecule has 1 amide bonds. The molecule has 0 saturated carbocycles. The fourth-order valence-electron chi connectivity index (χ4n) is 4.14. The van der Waals surface area contributed by atoms with E-state index < -0.39 is 12.7 Å². The van der Waals surface area contributed by atoms with Gasteiger partial charge < -0.3 is 17.7 Å². The van der Waals surface area contributed by atoms with Crippen molar-refractivity contribution in [2.45, 2.75) is 27.7 Å². The van der Waals surface area contributed by atoms with Gasteiger partial charge in [0.15, 0.2) is 12.7 Å². The lowest BCUT2D eigenvalue weighted by atomic mass is 9.96. The molecule has 0 heterocycles. The van der Waals surface area contributed by atoms with Gasteiger partial charge in [-0.15, -0.1) is 0 Å². The molecule has 0 atom stereocenters. The van der Waals surface area contributed by atoms with E-state index in [0.717, 1.165) is 11.1 Å². The third-order valence-electron chi connectivity index (χ3n) is 6.14. The lowest BCUT2D eigenvalue weighted by Gasteiger charge is -2.31. The minimum atomic E-state index is -2.47. The molecule has 4 aromatic rings. The van der Waals surface area contributed by atoms with Crippen molar-refractivity contribution in [3.05, 3.63) is 132 Å². The molecular formula is C32H34ClN2OP. The van der Waals surface area contributed by atoms with Crippen LogP contribution in [-0.2, 0) is 4.79 Å². The quantitative estimate of drug-likeness (QED) is 0.361. The molecule has 3 nitrogen and oxygen atoms in total. The van der Waals surface area contributed by atoms with Crippen molar-refractivity contribution in [3.8, 4) is 0 Å². The highest BCUT2D eigenvalue weighted by atomic mass is 35.5. The monoisotopic (exact) mass is 528 g/mol. The van der Waals surface area contributed by atoms with Crippen molar-refractivity contribution in [2.24, 2.45) is 5.41 Å². The molecule has 0 aromatic heterocycles. The first-order valence-electron chi connectivity index (χ1n) is 12.2. The maximum absolute atomic E-state index is 13.5. The summed E-state index contributed by atoms with van der Waals surface area (Å²) in [6, 6.07) is 39.9. The third-order valence-corrected chi connectivity index (χ3v) is 10.3. The molecule has 0 aliphatic carbocycles. The number of aryl methyl sites for hydroxylation is 1. The van der Waals surface area contributed by atoms with Gasteiger partial charge in [-0.1, -0.05) is 93.1 Å². The molecule has 0 saturated heterocycles. The molecule has 0 bridgehead atoms. The SMILES string of the molecule is Cc1ccc(N/C=C(/NC(=O)C(C)(C)C)[P+](c2ccccc2)(c2ccccc2)c2ccccc2)cc1.[Cl-]. The van der Waals surface area contributed by atoms with Gasteiger partial charge in [0.25, 0.3) is 0 Å². The fraction of sp³-hybridized carbons (Fsp3) is 0.156. The van der Waals surface area contributed by atoms with Crippen LogP contribution in [0.2, 0.25) is 0 Å². The highest BCUT2D eigenvalue weighted by Crippen LogP contribution is 2.61. The number of carbonyl (C=O) groups excluding carboxylic acids is 1. The van der Waals surface area contributed by atoms with Crippen LogP contribution in [0.1, 0.15) is 26.3 Å². The van der Waals surface area contributed by atoms with Gasteiger partial charge in [-0.3, -0.25) is 10.1 Å². The lowest BCUT2D eigenvalue weighted by molar-refractivity contribution is -0.127. The van der Waals surface area contributed by atoms with Crippen molar-refractivity contribution in [2.75, 3.05) is 5.32 Å². The maximum Gasteiger partial charge on any atom is 0.232 e. The standard InChI is InChI=1S/C32H33N2OP.ClH/c1-25-20-22-26(23-21-25)33-24-30(34-31(35)32(2,3)4)36(27-14-8-5-9-15-27,28-16-10-6-11-17-28)29-18-12-7-13-19-29;/h5-24,33H,1-4H3;1H/b30-24-;. The molecule has 0 aliphatic heterocycles. The summed E-state index contributed by atoms with van der Waals surface area (Å²) in [7, 11) is -2.47. The van der Waals surface area contributed by atoms with Crippen LogP contribution < -0.4 is 39.0 Å². The van der Waals surface area contributed by atoms with Crippen molar-refractivity contribution in [3.63, 3.8) is 0 Å². The molecule has 4 rings (SSSR count). The van der Waals surface area contributed by atoms with E-state index >= 15 is 0 Å². The summed E-state index contributed by atoms with van der Waals surface area (Å²) in [5, 5.41) is 10.4. The van der Waals surface area contributed by atoms with E-state index in [4.69, 9.17) is 0 Å². The van der Waals surface area contributed by atoms with Crippen molar-refractivity contribution >= 4 is 34.8 Å². The Hall–Kier alpha value is -3.39. The first-order chi connectivity index (χ1) is 17.3. The maximum atomic E-state index is 13.5. The van der Waals surface area contributed by atoms with Crippen LogP contribution in [0.15, 0.2) is 127 Å². The summed E-state index contributed by atoms with van der Waals surface area (Å²) in [6.07, 6.45) is 2.00. The number of rotatable bonds is 7. The molecule has 0 aliphatic rings. The molecule has 37 heavy (non-hydrogen) atoms. The minimum absolute atomic E-state index is 0. The Bertz CT molecular complexity index is 1220. The molecule has 0 unspecified atom stereocenters. The van der Waals surface area contributed by atoms with Crippen molar-refractivity contribution < 1.29 is 17.2 Å². The summed E-state index contributed by atoms with van der Waals surface area (Å²) in [4.78, 5) is 13.5. The molecule has 4 aromatic carbocycles. The highest BCUT2D eigenvalue weighted by Gasteiger charge is 2.51. The lowest BCUT2D eigenvalue weighted by Crippen LogP contribution is -3.00. The number of amides is 1. The molecule has 2 N–H and O–H groups in total. The topological polar surface area (TPSA) is 41.1 Å². The average molecular weight is 529 g/mol. The van der Waals surface area contributed by atoms with Gasteiger partial charge in [-0.25, -0.2) is 0 Å². The van der Waals surface area contributed by atoms with Crippen LogP contribution in [0, 0.1) is 12.3 Å². The van der Waals surface area contributed by atoms with E-state index in [1.165, 1.54) is 21.5 Å². The average Bonchev–Trinajstić information content (AvgIpc) is 2.90. The first-order valence-corrected chi connectivity index (χ1v) is 14.0. The summed E-state index contributed by atoms with van der Waals surface area (Å²) in [5.41, 5.74) is 2.48. The molecular weight excluding hydrogens is 495 g/mol. The van der Waals surface area contributed by atoms with Gasteiger partial charge in [-0.2, -0.15) is 0 Å². The molecule has 190 valence electrons. The van der Waals surface area contributed by atoms with Crippen LogP contribution in [0.3, 0.4) is 0 Å². The van der Waals surface area contributed by atoms with Gasteiger partial charge in [0.05, 0.1) is 6.20 Å². The summed E-state index contributed by atoms with van der Waals surface area (Å²) < 4.78 is 0. The highest BCUT2D eigenvalue weighted by molar-refractivity contribution is 7.99. The van der Waals surface area contributed by atoms with E-state index in [2.05, 4.69) is 115 Å². The number of carbonyl (C=O) groups is 1. The zero-order valence-electron chi connectivity index (χ0n) is 21.8. The molecule has 5 heteroatoms. The fourth-order valence-corrected chi connectivity index (χ4v) is 8.26. The molecule has 0 spiro atoms. The van der Waals surface area contributed by atoms with E-state index in [9.17, 15) is 4.79 Å². The smallest absolute Gasteiger partial charge is 0.232 e. The Morgan fingerprint density at radius 3 is 1.46 bits per heavy atom. The van der Waals surface area contributed by atoms with Crippen LogP contribution in [-0.4, -0.2) is 5.91 Å². The Kier molecular flexibility index (Phi) is 9.32. The Balaban J connectivity index is 0.00000380. The number of hydrogen-bond acceptors (Lipinski definition) is 2. The predicted molar refractivity (Wildman–Crippen MR) is 156 cm³/mol. The van der Waals surface area contributed by atoms with E-state index in [1.807, 2.05) is 45.2 Å². The predicted octanol–water partition coefficient (Wildman–Crippen LogP) is 3.37.